The molecule has 0 heterocycles. The molecule has 0 bridgehead atoms. The highest BCUT2D eigenvalue weighted by Crippen LogP contribution is 2.32. The molecule has 0 fully saturated rings. The van der Waals surface area contributed by atoms with Gasteiger partial charge in [-0.15, -0.1) is 0 Å². The van der Waals surface area contributed by atoms with Gasteiger partial charge in [-0.05, 0) is 46.9 Å². The van der Waals surface area contributed by atoms with Crippen LogP contribution in [0.5, 0.6) is 5.75 Å². The molecular formula is C21H33NO. The van der Waals surface area contributed by atoms with E-state index in [1.807, 2.05) is 0 Å². The van der Waals surface area contributed by atoms with Gasteiger partial charge >= 0.3 is 0 Å². The van der Waals surface area contributed by atoms with Gasteiger partial charge in [0.15, 0.2) is 0 Å². The van der Waals surface area contributed by atoms with Crippen LogP contribution in [0.4, 0.5) is 0 Å². The van der Waals surface area contributed by atoms with Crippen LogP contribution >= 0.6 is 0 Å². The largest absolute Gasteiger partial charge is 0.494 e. The number of rotatable bonds is 7. The first-order valence-electron chi connectivity index (χ1n) is 8.80. The molecule has 0 unspecified atom stereocenters. The normalized spacial score (nSPS) is 12.0. The van der Waals surface area contributed by atoms with Crippen molar-refractivity contribution in [3.8, 4) is 11.8 Å². The average Bonchev–Trinajstić information content (AvgIpc) is 2.44. The van der Waals surface area contributed by atoms with Crippen molar-refractivity contribution in [2.24, 2.45) is 0 Å². The summed E-state index contributed by atoms with van der Waals surface area (Å²) >= 11 is 0. The second kappa shape index (κ2) is 8.39. The minimum atomic E-state index is 0.122. The maximum absolute atomic E-state index is 8.53. The quantitative estimate of drug-likeness (QED) is 0.567. The molecule has 0 atom stereocenters. The third kappa shape index (κ3) is 7.08. The van der Waals surface area contributed by atoms with E-state index in [-0.39, 0.29) is 10.8 Å². The van der Waals surface area contributed by atoms with Crippen LogP contribution in [0, 0.1) is 11.3 Å². The van der Waals surface area contributed by atoms with E-state index in [0.717, 1.165) is 38.0 Å². The van der Waals surface area contributed by atoms with Gasteiger partial charge in [-0.25, -0.2) is 0 Å². The van der Waals surface area contributed by atoms with Gasteiger partial charge in [0.1, 0.15) is 5.75 Å². The van der Waals surface area contributed by atoms with Crippen LogP contribution in [0.1, 0.15) is 84.8 Å². The topological polar surface area (TPSA) is 33.0 Å². The summed E-state index contributed by atoms with van der Waals surface area (Å²) in [5, 5.41) is 8.53. The summed E-state index contributed by atoms with van der Waals surface area (Å²) in [6.45, 7) is 14.2. The third-order valence-corrected chi connectivity index (χ3v) is 4.09. The van der Waals surface area contributed by atoms with Crippen molar-refractivity contribution >= 4 is 0 Å². The molecule has 1 rings (SSSR count). The highest BCUT2D eigenvalue weighted by Gasteiger charge is 2.20. The summed E-state index contributed by atoms with van der Waals surface area (Å²) in [4.78, 5) is 0. The average molecular weight is 316 g/mol. The smallest absolute Gasteiger partial charge is 0.119 e. The first-order chi connectivity index (χ1) is 10.6. The summed E-state index contributed by atoms with van der Waals surface area (Å²) in [5.74, 6) is 0.986. The molecule has 0 aliphatic carbocycles. The number of nitriles is 1. The molecule has 2 nitrogen and oxygen atoms in total. The molecule has 0 N–H and O–H groups in total. The maximum atomic E-state index is 8.53. The Labute approximate surface area is 142 Å². The molecule has 128 valence electrons. The Morgan fingerprint density at radius 3 is 1.83 bits per heavy atom. The molecule has 1 aromatic carbocycles. The van der Waals surface area contributed by atoms with Gasteiger partial charge in [-0.2, -0.15) is 5.26 Å². The number of unbranched alkanes of at least 4 members (excludes halogenated alkanes) is 4. The fourth-order valence-electron chi connectivity index (χ4n) is 2.40. The lowest BCUT2D eigenvalue weighted by molar-refractivity contribution is 0.303. The molecule has 0 spiro atoms. The van der Waals surface area contributed by atoms with Crippen LogP contribution < -0.4 is 4.74 Å². The van der Waals surface area contributed by atoms with Crippen LogP contribution in [0.15, 0.2) is 18.2 Å². The van der Waals surface area contributed by atoms with Gasteiger partial charge in [0.2, 0.25) is 0 Å². The first kappa shape index (κ1) is 19.6. The summed E-state index contributed by atoms with van der Waals surface area (Å²) in [6, 6.07) is 8.88. The zero-order chi connectivity index (χ0) is 17.5. The zero-order valence-electron chi connectivity index (χ0n) is 15.8. The van der Waals surface area contributed by atoms with E-state index < -0.39 is 0 Å². The van der Waals surface area contributed by atoms with Crippen LogP contribution in [0.3, 0.4) is 0 Å². The SMILES string of the molecule is CC(C)(C)c1cc(OCCCCCCC#N)cc(C(C)(C)C)c1. The lowest BCUT2D eigenvalue weighted by atomic mass is 9.80. The molecule has 1 aromatic rings. The summed E-state index contributed by atoms with van der Waals surface area (Å²) < 4.78 is 6.02. The number of ether oxygens (including phenoxy) is 1. The summed E-state index contributed by atoms with van der Waals surface area (Å²) in [5.41, 5.74) is 2.90. The lowest BCUT2D eigenvalue weighted by Crippen LogP contribution is -2.16. The molecule has 0 aliphatic heterocycles. The van der Waals surface area contributed by atoms with E-state index in [2.05, 4.69) is 65.8 Å². The van der Waals surface area contributed by atoms with Crippen molar-refractivity contribution in [1.82, 2.24) is 0 Å². The van der Waals surface area contributed by atoms with E-state index >= 15 is 0 Å². The van der Waals surface area contributed by atoms with Crippen molar-refractivity contribution in [3.63, 3.8) is 0 Å². The highest BCUT2D eigenvalue weighted by atomic mass is 16.5. The number of hydrogen-bond donors (Lipinski definition) is 0. The molecule has 2 heteroatoms. The van der Waals surface area contributed by atoms with Gasteiger partial charge in [-0.3, -0.25) is 0 Å². The summed E-state index contributed by atoms with van der Waals surface area (Å²) in [7, 11) is 0. The molecule has 0 aliphatic rings. The Morgan fingerprint density at radius 2 is 1.35 bits per heavy atom. The van der Waals surface area contributed by atoms with Gasteiger partial charge < -0.3 is 4.74 Å². The van der Waals surface area contributed by atoms with Crippen LogP contribution in [0.25, 0.3) is 0 Å². The second-order valence-corrected chi connectivity index (χ2v) is 8.42. The van der Waals surface area contributed by atoms with E-state index in [0.29, 0.717) is 6.42 Å². The molecule has 0 saturated carbocycles. The number of nitrogens with zero attached hydrogens (tertiary/aromatic N) is 1. The van der Waals surface area contributed by atoms with E-state index in [1.54, 1.807) is 0 Å². The van der Waals surface area contributed by atoms with E-state index in [9.17, 15) is 0 Å². The molecule has 0 aromatic heterocycles. The molecule has 0 saturated heterocycles. The molecule has 0 radical (unpaired) electrons. The zero-order valence-corrected chi connectivity index (χ0v) is 15.8. The van der Waals surface area contributed by atoms with Crippen molar-refractivity contribution in [2.75, 3.05) is 6.61 Å². The lowest BCUT2D eigenvalue weighted by Gasteiger charge is -2.26. The fourth-order valence-corrected chi connectivity index (χ4v) is 2.40. The Kier molecular flexibility index (Phi) is 7.13. The van der Waals surface area contributed by atoms with E-state index in [4.69, 9.17) is 10.00 Å². The van der Waals surface area contributed by atoms with Crippen LogP contribution in [0.2, 0.25) is 0 Å². The van der Waals surface area contributed by atoms with Crippen molar-refractivity contribution in [3.05, 3.63) is 29.3 Å². The fraction of sp³-hybridized carbons (Fsp3) is 0.667. The Hall–Kier alpha value is -1.49. The third-order valence-electron chi connectivity index (χ3n) is 4.09. The Morgan fingerprint density at radius 1 is 0.826 bits per heavy atom. The second-order valence-electron chi connectivity index (χ2n) is 8.42. The molecule has 0 amide bonds. The number of hydrogen-bond acceptors (Lipinski definition) is 2. The van der Waals surface area contributed by atoms with Gasteiger partial charge in [0.05, 0.1) is 12.7 Å². The first-order valence-corrected chi connectivity index (χ1v) is 8.80. The standard InChI is InChI=1S/C21H33NO/c1-20(2,3)17-14-18(21(4,5)6)16-19(15-17)23-13-11-9-7-8-10-12-22/h14-16H,7-11,13H2,1-6H3. The van der Waals surface area contributed by atoms with Crippen molar-refractivity contribution in [1.29, 1.82) is 5.26 Å². The predicted octanol–water partition coefficient (Wildman–Crippen LogP) is 6.13. The van der Waals surface area contributed by atoms with Gasteiger partial charge in [0, 0.05) is 6.42 Å². The number of benzene rings is 1. The Bertz CT molecular complexity index is 494. The minimum absolute atomic E-state index is 0.122. The monoisotopic (exact) mass is 315 g/mol. The van der Waals surface area contributed by atoms with Crippen LogP contribution in [-0.2, 0) is 10.8 Å². The molecular weight excluding hydrogens is 282 g/mol. The predicted molar refractivity (Wildman–Crippen MR) is 98.0 cm³/mol. The van der Waals surface area contributed by atoms with Gasteiger partial charge in [-0.1, -0.05) is 60.5 Å². The van der Waals surface area contributed by atoms with Gasteiger partial charge in [0.25, 0.3) is 0 Å². The van der Waals surface area contributed by atoms with Crippen molar-refractivity contribution < 1.29 is 4.74 Å². The van der Waals surface area contributed by atoms with Crippen molar-refractivity contribution in [2.45, 2.75) is 84.5 Å². The highest BCUT2D eigenvalue weighted by molar-refractivity contribution is 5.40. The molecule has 23 heavy (non-hydrogen) atoms. The maximum Gasteiger partial charge on any atom is 0.119 e. The van der Waals surface area contributed by atoms with E-state index in [1.165, 1.54) is 11.1 Å². The Balaban J connectivity index is 2.69. The minimum Gasteiger partial charge on any atom is -0.494 e. The summed E-state index contributed by atoms with van der Waals surface area (Å²) in [6.07, 6.45) is 4.97. The van der Waals surface area contributed by atoms with Crippen LogP contribution in [-0.4, -0.2) is 6.61 Å².